The van der Waals surface area contributed by atoms with E-state index in [1.54, 1.807) is 0 Å². The zero-order valence-electron chi connectivity index (χ0n) is 48.4. The van der Waals surface area contributed by atoms with Crippen LogP contribution in [-0.4, -0.2) is 230 Å². The lowest BCUT2D eigenvalue weighted by Crippen LogP contribution is -2.70. The number of nitrogens with one attached hydrogen (secondary N) is 2. The Hall–Kier alpha value is -6.88. The highest BCUT2D eigenvalue weighted by Gasteiger charge is 2.60. The number of amides is 2. The van der Waals surface area contributed by atoms with Gasteiger partial charge in [0.05, 0.1) is 26.4 Å². The SMILES string of the molecule is CC(=O)OC[C@H]1O[C@@H](O[C@H]2[C@@H](OC(C)=O)[C@@H](COC(C)=O)O[C@@H](O[C@H]3[C@H](OC(C)=O)[C@@H](OC(C)=O)[C@H](NC(=O)CCCCCNC(=O)OCCOCCOCCN)O[C@@H]3COC(C)=O)[C@@H]2OC(C)=O)[C@H](OC(C)=O)[C@@H](OC(C)=O)[C@H]1OC(C)=O. The molecule has 3 heterocycles. The molecular formula is C51H77N3O30. The minimum Gasteiger partial charge on any atom is -0.463 e. The van der Waals surface area contributed by atoms with E-state index in [0.717, 1.165) is 69.2 Å². The van der Waals surface area contributed by atoms with Crippen LogP contribution >= 0.6 is 0 Å². The molecule has 0 aromatic rings. The average molecular weight is 1210 g/mol. The molecule has 3 fully saturated rings. The smallest absolute Gasteiger partial charge is 0.407 e. The molecule has 0 spiro atoms. The summed E-state index contributed by atoms with van der Waals surface area (Å²) in [6, 6.07) is 0. The third kappa shape index (κ3) is 25.5. The quantitative estimate of drug-likeness (QED) is 0.0393. The summed E-state index contributed by atoms with van der Waals surface area (Å²) < 4.78 is 103. The number of hydrogen-bond acceptors (Lipinski definition) is 31. The maximum atomic E-state index is 13.6. The van der Waals surface area contributed by atoms with Gasteiger partial charge in [0.25, 0.3) is 0 Å². The van der Waals surface area contributed by atoms with Crippen LogP contribution in [0.4, 0.5) is 4.79 Å². The fraction of sp³-hybridized carbons (Fsp3) is 0.765. The van der Waals surface area contributed by atoms with E-state index in [2.05, 4.69) is 10.6 Å². The molecule has 2 amide bonds. The number of unbranched alkanes of at least 4 members (excludes halogenated alkanes) is 2. The average Bonchev–Trinajstić information content (AvgIpc) is 2.48. The van der Waals surface area contributed by atoms with E-state index in [-0.39, 0.29) is 32.6 Å². The molecule has 0 unspecified atom stereocenters. The zero-order chi connectivity index (χ0) is 62.6. The maximum Gasteiger partial charge on any atom is 0.407 e. The van der Waals surface area contributed by atoms with Gasteiger partial charge < -0.3 is 102 Å². The summed E-state index contributed by atoms with van der Waals surface area (Å²) in [5.41, 5.74) is 5.36. The van der Waals surface area contributed by atoms with Crippen LogP contribution < -0.4 is 16.4 Å². The minimum absolute atomic E-state index is 0.00833. The zero-order valence-corrected chi connectivity index (χ0v) is 48.4. The molecule has 0 saturated carbocycles. The first-order valence-electron chi connectivity index (χ1n) is 26.6. The van der Waals surface area contributed by atoms with Crippen molar-refractivity contribution in [1.82, 2.24) is 10.6 Å². The summed E-state index contributed by atoms with van der Waals surface area (Å²) in [6.45, 7) is 9.22. The molecule has 476 valence electrons. The van der Waals surface area contributed by atoms with Gasteiger partial charge in [-0.3, -0.25) is 52.7 Å². The Balaban J connectivity index is 2.10. The normalized spacial score (nSPS) is 27.2. The van der Waals surface area contributed by atoms with Crippen LogP contribution in [0.25, 0.3) is 0 Å². The van der Waals surface area contributed by atoms with Gasteiger partial charge in [-0.15, -0.1) is 0 Å². The van der Waals surface area contributed by atoms with Crippen molar-refractivity contribution in [3.8, 4) is 0 Å². The lowest BCUT2D eigenvalue weighted by molar-refractivity contribution is -0.375. The number of carbonyl (C=O) groups excluding carboxylic acids is 12. The molecule has 3 aliphatic heterocycles. The molecular weight excluding hydrogens is 1130 g/mol. The van der Waals surface area contributed by atoms with Crippen LogP contribution in [0, 0.1) is 0 Å². The maximum absolute atomic E-state index is 13.6. The number of nitrogens with two attached hydrogens (primary N) is 1. The van der Waals surface area contributed by atoms with Crippen molar-refractivity contribution >= 4 is 71.7 Å². The number of alkyl carbamates (subject to hydrolysis) is 1. The number of rotatable bonds is 32. The Bertz CT molecular complexity index is 2230. The third-order valence-corrected chi connectivity index (χ3v) is 11.6. The van der Waals surface area contributed by atoms with Crippen molar-refractivity contribution in [3.05, 3.63) is 0 Å². The largest absolute Gasteiger partial charge is 0.463 e. The van der Waals surface area contributed by atoms with Gasteiger partial charge in [-0.05, 0) is 12.8 Å². The molecule has 15 atom stereocenters. The van der Waals surface area contributed by atoms with Gasteiger partial charge in [-0.2, -0.15) is 0 Å². The number of hydrogen-bond donors (Lipinski definition) is 3. The highest BCUT2D eigenvalue weighted by Crippen LogP contribution is 2.38. The Morgan fingerprint density at radius 3 is 1.23 bits per heavy atom. The molecule has 0 bridgehead atoms. The second kappa shape index (κ2) is 36.7. The highest BCUT2D eigenvalue weighted by atomic mass is 16.8. The summed E-state index contributed by atoms with van der Waals surface area (Å²) in [5.74, 6) is -10.6. The van der Waals surface area contributed by atoms with Crippen molar-refractivity contribution in [1.29, 1.82) is 0 Å². The lowest BCUT2D eigenvalue weighted by atomic mass is 9.94. The van der Waals surface area contributed by atoms with E-state index < -0.39 is 184 Å². The predicted octanol–water partition coefficient (Wildman–Crippen LogP) is -1.46. The molecule has 0 aliphatic carbocycles. The number of esters is 10. The molecule has 3 saturated heterocycles. The molecule has 84 heavy (non-hydrogen) atoms. The lowest BCUT2D eigenvalue weighted by Gasteiger charge is -2.50. The molecule has 4 N–H and O–H groups in total. The number of ether oxygens (including phenoxy) is 18. The molecule has 3 rings (SSSR count). The van der Waals surface area contributed by atoms with E-state index in [0.29, 0.717) is 39.2 Å². The first-order valence-corrected chi connectivity index (χ1v) is 26.6. The Morgan fingerprint density at radius 1 is 0.381 bits per heavy atom. The standard InChI is InChI=1S/C51H77N3O30/c1-25(55)70-22-35-41(42(75-30(6)60)45(77-32(8)62)48(80-35)54-38(65)14-12-11-13-16-53-51(66)69-21-20-68-19-18-67-17-15-52)83-49-47(79-34(10)64)44(40(74-29(5)59)37(81-49)24-72-27(3)57)84-50-46(78-33(9)63)43(76-31(7)61)39(73-28(4)58)36(82-50)23-71-26(2)56/h35-37,39-50H,11-24,52H2,1-10H3,(H,53,66)(H,54,65)/t35-,36-,37-,39+,40+,41-,42+,43+,44+,45-,46-,47-,48-,49+,50+/m1/s1. The Labute approximate surface area is 482 Å². The van der Waals surface area contributed by atoms with Gasteiger partial charge in [0.15, 0.2) is 61.5 Å². The van der Waals surface area contributed by atoms with Gasteiger partial charge in [0.1, 0.15) is 56.9 Å². The Morgan fingerprint density at radius 2 is 0.762 bits per heavy atom. The number of carbonyl (C=O) groups is 12. The van der Waals surface area contributed by atoms with Crippen LogP contribution in [-0.2, 0) is 138 Å². The molecule has 33 nitrogen and oxygen atoms in total. The fourth-order valence-corrected chi connectivity index (χ4v) is 8.57. The van der Waals surface area contributed by atoms with Gasteiger partial charge in [0.2, 0.25) is 5.91 Å². The minimum atomic E-state index is -2.13. The topological polar surface area (TPSA) is 421 Å². The van der Waals surface area contributed by atoms with Crippen molar-refractivity contribution in [2.75, 3.05) is 65.9 Å². The van der Waals surface area contributed by atoms with Gasteiger partial charge in [-0.25, -0.2) is 4.79 Å². The summed E-state index contributed by atoms with van der Waals surface area (Å²) in [6.07, 6.45) is -27.6. The van der Waals surface area contributed by atoms with E-state index in [1.807, 2.05) is 0 Å². The summed E-state index contributed by atoms with van der Waals surface area (Å²) in [5, 5.41) is 5.18. The highest BCUT2D eigenvalue weighted by molar-refractivity contribution is 5.76. The summed E-state index contributed by atoms with van der Waals surface area (Å²) >= 11 is 0. The second-order valence-corrected chi connectivity index (χ2v) is 18.8. The van der Waals surface area contributed by atoms with Crippen LogP contribution in [0.2, 0.25) is 0 Å². The molecule has 0 radical (unpaired) electrons. The molecule has 0 aromatic carbocycles. The molecule has 3 aliphatic rings. The van der Waals surface area contributed by atoms with Crippen molar-refractivity contribution < 1.29 is 143 Å². The second-order valence-electron chi connectivity index (χ2n) is 18.8. The molecule has 33 heteroatoms. The predicted molar refractivity (Wildman–Crippen MR) is 271 cm³/mol. The third-order valence-electron chi connectivity index (χ3n) is 11.6. The van der Waals surface area contributed by atoms with Crippen LogP contribution in [0.5, 0.6) is 0 Å². The first-order chi connectivity index (χ1) is 39.7. The first kappa shape index (κ1) is 71.4. The van der Waals surface area contributed by atoms with Crippen molar-refractivity contribution in [2.45, 2.75) is 187 Å². The van der Waals surface area contributed by atoms with Crippen LogP contribution in [0.15, 0.2) is 0 Å². The molecule has 0 aromatic heterocycles. The Kier molecular flexibility index (Phi) is 31.2. The summed E-state index contributed by atoms with van der Waals surface area (Å²) in [4.78, 5) is 153. The van der Waals surface area contributed by atoms with Crippen LogP contribution in [0.1, 0.15) is 94.9 Å². The van der Waals surface area contributed by atoms with Gasteiger partial charge in [0, 0.05) is 88.7 Å². The van der Waals surface area contributed by atoms with Crippen LogP contribution in [0.3, 0.4) is 0 Å². The van der Waals surface area contributed by atoms with Crippen molar-refractivity contribution in [2.24, 2.45) is 5.73 Å². The van der Waals surface area contributed by atoms with E-state index in [9.17, 15) is 57.5 Å². The van der Waals surface area contributed by atoms with E-state index in [1.165, 1.54) is 0 Å². The van der Waals surface area contributed by atoms with Crippen molar-refractivity contribution in [3.63, 3.8) is 0 Å². The van der Waals surface area contributed by atoms with E-state index in [4.69, 9.17) is 91.0 Å². The monoisotopic (exact) mass is 1210 g/mol. The van der Waals surface area contributed by atoms with E-state index >= 15 is 0 Å². The van der Waals surface area contributed by atoms with Gasteiger partial charge >= 0.3 is 65.8 Å². The fourth-order valence-electron chi connectivity index (χ4n) is 8.57. The summed E-state index contributed by atoms with van der Waals surface area (Å²) in [7, 11) is 0. The van der Waals surface area contributed by atoms with Gasteiger partial charge in [-0.1, -0.05) is 6.42 Å².